The number of benzene rings is 2. The molecular formula is C19H14ClF2N3O2. The maximum atomic E-state index is 13.8. The van der Waals surface area contributed by atoms with Gasteiger partial charge in [-0.1, -0.05) is 17.7 Å². The van der Waals surface area contributed by atoms with Gasteiger partial charge in [-0.15, -0.1) is 0 Å². The molecule has 2 aromatic carbocycles. The van der Waals surface area contributed by atoms with Crippen LogP contribution in [0.25, 0.3) is 0 Å². The molecule has 8 heteroatoms. The standard InChI is InChI=1S/C19H14ClF2N3O2/c1-27-19(26)15-9-14(24-17-6-5-12(21)8-16(17)22)10-23-18(15)25-13-4-2-3-11(20)7-13/h2-10,24H,1H3,(H,23,25). The van der Waals surface area contributed by atoms with Crippen LogP contribution in [-0.4, -0.2) is 18.1 Å². The number of carbonyl (C=O) groups excluding carboxylic acids is 1. The van der Waals surface area contributed by atoms with Crippen molar-refractivity contribution in [3.63, 3.8) is 0 Å². The molecule has 0 spiro atoms. The molecule has 0 aliphatic carbocycles. The molecular weight excluding hydrogens is 376 g/mol. The lowest BCUT2D eigenvalue weighted by Crippen LogP contribution is -2.08. The van der Waals surface area contributed by atoms with Crippen LogP contribution in [0.1, 0.15) is 10.4 Å². The molecule has 0 saturated heterocycles. The Balaban J connectivity index is 1.92. The van der Waals surface area contributed by atoms with E-state index in [2.05, 4.69) is 15.6 Å². The molecule has 0 amide bonds. The number of anilines is 4. The van der Waals surface area contributed by atoms with Gasteiger partial charge in [0.15, 0.2) is 0 Å². The van der Waals surface area contributed by atoms with E-state index in [-0.39, 0.29) is 17.1 Å². The van der Waals surface area contributed by atoms with Crippen molar-refractivity contribution in [3.05, 3.63) is 76.9 Å². The van der Waals surface area contributed by atoms with E-state index in [1.165, 1.54) is 25.4 Å². The molecule has 2 N–H and O–H groups in total. The smallest absolute Gasteiger partial charge is 0.341 e. The van der Waals surface area contributed by atoms with Crippen LogP contribution in [0.4, 0.5) is 31.7 Å². The number of hydrogen-bond donors (Lipinski definition) is 2. The maximum absolute atomic E-state index is 13.8. The zero-order valence-electron chi connectivity index (χ0n) is 14.1. The third-order valence-electron chi connectivity index (χ3n) is 3.59. The highest BCUT2D eigenvalue weighted by molar-refractivity contribution is 6.30. The first-order valence-electron chi connectivity index (χ1n) is 7.79. The molecule has 0 saturated carbocycles. The van der Waals surface area contributed by atoms with Crippen molar-refractivity contribution in [1.29, 1.82) is 0 Å². The van der Waals surface area contributed by atoms with Gasteiger partial charge in [-0.2, -0.15) is 0 Å². The number of aromatic nitrogens is 1. The van der Waals surface area contributed by atoms with E-state index in [0.717, 1.165) is 12.1 Å². The molecule has 0 fully saturated rings. The Hall–Kier alpha value is -3.19. The van der Waals surface area contributed by atoms with Crippen LogP contribution in [0, 0.1) is 11.6 Å². The Labute approximate surface area is 159 Å². The molecule has 0 aliphatic rings. The monoisotopic (exact) mass is 389 g/mol. The second-order valence-corrected chi connectivity index (χ2v) is 5.93. The topological polar surface area (TPSA) is 63.2 Å². The van der Waals surface area contributed by atoms with E-state index in [1.54, 1.807) is 24.3 Å². The fourth-order valence-corrected chi connectivity index (χ4v) is 2.54. The average molecular weight is 390 g/mol. The number of rotatable bonds is 5. The summed E-state index contributed by atoms with van der Waals surface area (Å²) in [5.41, 5.74) is 1.14. The van der Waals surface area contributed by atoms with E-state index >= 15 is 0 Å². The van der Waals surface area contributed by atoms with Crippen LogP contribution in [-0.2, 0) is 4.74 Å². The van der Waals surface area contributed by atoms with Gasteiger partial charge in [-0.05, 0) is 36.4 Å². The first kappa shape index (κ1) is 18.6. The van der Waals surface area contributed by atoms with Crippen molar-refractivity contribution in [2.45, 2.75) is 0 Å². The number of nitrogens with zero attached hydrogens (tertiary/aromatic N) is 1. The molecule has 0 atom stereocenters. The van der Waals surface area contributed by atoms with Gasteiger partial charge >= 0.3 is 5.97 Å². The summed E-state index contributed by atoms with van der Waals surface area (Å²) in [6, 6.07) is 11.5. The van der Waals surface area contributed by atoms with E-state index in [9.17, 15) is 13.6 Å². The van der Waals surface area contributed by atoms with Gasteiger partial charge in [0, 0.05) is 16.8 Å². The van der Waals surface area contributed by atoms with E-state index < -0.39 is 17.6 Å². The van der Waals surface area contributed by atoms with Gasteiger partial charge in [-0.25, -0.2) is 18.6 Å². The summed E-state index contributed by atoms with van der Waals surface area (Å²) >= 11 is 5.96. The number of carbonyl (C=O) groups is 1. The fraction of sp³-hybridized carbons (Fsp3) is 0.0526. The van der Waals surface area contributed by atoms with Crippen molar-refractivity contribution < 1.29 is 18.3 Å². The van der Waals surface area contributed by atoms with Gasteiger partial charge in [0.05, 0.1) is 24.7 Å². The largest absolute Gasteiger partial charge is 0.465 e. The zero-order chi connectivity index (χ0) is 19.4. The highest BCUT2D eigenvalue weighted by Gasteiger charge is 2.16. The van der Waals surface area contributed by atoms with Gasteiger partial charge in [0.1, 0.15) is 23.0 Å². The Morgan fingerprint density at radius 2 is 1.89 bits per heavy atom. The van der Waals surface area contributed by atoms with Crippen molar-refractivity contribution in [1.82, 2.24) is 4.98 Å². The SMILES string of the molecule is COC(=O)c1cc(Nc2ccc(F)cc2F)cnc1Nc1cccc(Cl)c1. The quantitative estimate of drug-likeness (QED) is 0.581. The summed E-state index contributed by atoms with van der Waals surface area (Å²) in [6.07, 6.45) is 1.40. The zero-order valence-corrected chi connectivity index (χ0v) is 14.8. The summed E-state index contributed by atoms with van der Waals surface area (Å²) in [5, 5.41) is 6.27. The summed E-state index contributed by atoms with van der Waals surface area (Å²) in [6.45, 7) is 0. The minimum absolute atomic E-state index is 0.0459. The molecule has 3 rings (SSSR count). The maximum Gasteiger partial charge on any atom is 0.341 e. The van der Waals surface area contributed by atoms with Crippen molar-refractivity contribution in [3.8, 4) is 0 Å². The third kappa shape index (κ3) is 4.51. The lowest BCUT2D eigenvalue weighted by atomic mass is 10.2. The van der Waals surface area contributed by atoms with Gasteiger partial charge < -0.3 is 15.4 Å². The van der Waals surface area contributed by atoms with Crippen molar-refractivity contribution in [2.75, 3.05) is 17.7 Å². The first-order chi connectivity index (χ1) is 13.0. The van der Waals surface area contributed by atoms with E-state index in [4.69, 9.17) is 16.3 Å². The lowest BCUT2D eigenvalue weighted by molar-refractivity contribution is 0.0601. The molecule has 5 nitrogen and oxygen atoms in total. The summed E-state index contributed by atoms with van der Waals surface area (Å²) < 4.78 is 31.6. The third-order valence-corrected chi connectivity index (χ3v) is 3.83. The van der Waals surface area contributed by atoms with Crippen LogP contribution >= 0.6 is 11.6 Å². The highest BCUT2D eigenvalue weighted by atomic mass is 35.5. The Bertz CT molecular complexity index is 998. The molecule has 1 heterocycles. The first-order valence-corrected chi connectivity index (χ1v) is 8.17. The number of hydrogen-bond acceptors (Lipinski definition) is 5. The van der Waals surface area contributed by atoms with Crippen LogP contribution in [0.2, 0.25) is 5.02 Å². The fourth-order valence-electron chi connectivity index (χ4n) is 2.35. The summed E-state index contributed by atoms with van der Waals surface area (Å²) in [5.74, 6) is -1.84. The Morgan fingerprint density at radius 3 is 2.59 bits per heavy atom. The number of methoxy groups -OCH3 is 1. The average Bonchev–Trinajstić information content (AvgIpc) is 2.64. The number of esters is 1. The predicted octanol–water partition coefficient (Wildman–Crippen LogP) is 5.29. The molecule has 0 bridgehead atoms. The predicted molar refractivity (Wildman–Crippen MR) is 100.0 cm³/mol. The van der Waals surface area contributed by atoms with Gasteiger partial charge in [0.2, 0.25) is 0 Å². The number of ether oxygens (including phenoxy) is 1. The second kappa shape index (κ2) is 8.01. The highest BCUT2D eigenvalue weighted by Crippen LogP contribution is 2.26. The molecule has 0 radical (unpaired) electrons. The normalized spacial score (nSPS) is 10.4. The number of pyridine rings is 1. The minimum atomic E-state index is -0.768. The molecule has 27 heavy (non-hydrogen) atoms. The van der Waals surface area contributed by atoms with Crippen molar-refractivity contribution in [2.24, 2.45) is 0 Å². The molecule has 138 valence electrons. The summed E-state index contributed by atoms with van der Waals surface area (Å²) in [7, 11) is 1.24. The van der Waals surface area contributed by atoms with Crippen LogP contribution in [0.15, 0.2) is 54.7 Å². The molecule has 0 aliphatic heterocycles. The van der Waals surface area contributed by atoms with E-state index in [1.807, 2.05) is 0 Å². The van der Waals surface area contributed by atoms with Crippen LogP contribution in [0.5, 0.6) is 0 Å². The molecule has 0 unspecified atom stereocenters. The Morgan fingerprint density at radius 1 is 1.07 bits per heavy atom. The van der Waals surface area contributed by atoms with Crippen molar-refractivity contribution >= 4 is 40.5 Å². The molecule has 3 aromatic rings. The lowest BCUT2D eigenvalue weighted by Gasteiger charge is -2.13. The van der Waals surface area contributed by atoms with Gasteiger partial charge in [-0.3, -0.25) is 0 Å². The van der Waals surface area contributed by atoms with Crippen LogP contribution in [0.3, 0.4) is 0 Å². The minimum Gasteiger partial charge on any atom is -0.465 e. The number of halogens is 3. The second-order valence-electron chi connectivity index (χ2n) is 5.50. The number of nitrogens with one attached hydrogen (secondary N) is 2. The molecule has 1 aromatic heterocycles. The summed E-state index contributed by atoms with van der Waals surface area (Å²) in [4.78, 5) is 16.3. The van der Waals surface area contributed by atoms with Gasteiger partial charge in [0.25, 0.3) is 0 Å². The Kier molecular flexibility index (Phi) is 5.52. The van der Waals surface area contributed by atoms with E-state index in [0.29, 0.717) is 16.4 Å². The van der Waals surface area contributed by atoms with Crippen LogP contribution < -0.4 is 10.6 Å².